The fourth-order valence-electron chi connectivity index (χ4n) is 2.68. The second kappa shape index (κ2) is 5.61. The van der Waals surface area contributed by atoms with E-state index in [2.05, 4.69) is 4.99 Å². The first kappa shape index (κ1) is 14.8. The third-order valence-corrected chi connectivity index (χ3v) is 6.87. The summed E-state index contributed by atoms with van der Waals surface area (Å²) in [5.41, 5.74) is 0.508. The smallest absolute Gasteiger partial charge is 0.164 e. The van der Waals surface area contributed by atoms with Gasteiger partial charge in [-0.25, -0.2) is 12.8 Å². The molecule has 0 saturated carbocycles. The Morgan fingerprint density at radius 2 is 2.14 bits per heavy atom. The Labute approximate surface area is 128 Å². The Morgan fingerprint density at radius 1 is 1.38 bits per heavy atom. The first-order valence-electron chi connectivity index (χ1n) is 6.97. The van der Waals surface area contributed by atoms with Crippen LogP contribution in [0, 0.1) is 5.82 Å². The van der Waals surface area contributed by atoms with Gasteiger partial charge in [0.1, 0.15) is 5.82 Å². The Kier molecular flexibility index (Phi) is 3.96. The highest BCUT2D eigenvalue weighted by Crippen LogP contribution is 2.37. The van der Waals surface area contributed by atoms with Crippen molar-refractivity contribution in [2.24, 2.45) is 4.99 Å². The predicted molar refractivity (Wildman–Crippen MR) is 85.3 cm³/mol. The lowest BCUT2D eigenvalue weighted by Crippen LogP contribution is -2.30. The van der Waals surface area contributed by atoms with E-state index in [1.54, 1.807) is 18.2 Å². The molecule has 2 atom stereocenters. The van der Waals surface area contributed by atoms with Gasteiger partial charge in [-0.2, -0.15) is 0 Å². The number of hydrogen-bond acceptors (Lipinski definition) is 5. The third kappa shape index (κ3) is 2.94. The van der Waals surface area contributed by atoms with E-state index in [-0.39, 0.29) is 28.6 Å². The average Bonchev–Trinajstić information content (AvgIpc) is 2.90. The number of hydrogen-bond donors (Lipinski definition) is 0. The van der Waals surface area contributed by atoms with Crippen LogP contribution >= 0.6 is 11.8 Å². The summed E-state index contributed by atoms with van der Waals surface area (Å²) in [5, 5.41) is 0.725. The molecule has 1 saturated heterocycles. The summed E-state index contributed by atoms with van der Waals surface area (Å²) in [6.45, 7) is 2.69. The zero-order valence-electron chi connectivity index (χ0n) is 11.7. The molecule has 7 heteroatoms. The van der Waals surface area contributed by atoms with Crippen LogP contribution in [0.25, 0.3) is 0 Å². The van der Waals surface area contributed by atoms with Gasteiger partial charge < -0.3 is 4.90 Å². The van der Waals surface area contributed by atoms with E-state index in [1.165, 1.54) is 17.8 Å². The van der Waals surface area contributed by atoms with Gasteiger partial charge in [0.25, 0.3) is 0 Å². The van der Waals surface area contributed by atoms with E-state index < -0.39 is 9.84 Å². The number of halogens is 1. The second-order valence-corrected chi connectivity index (χ2v) is 8.68. The molecule has 2 unspecified atom stereocenters. The minimum absolute atomic E-state index is 0.0175. The summed E-state index contributed by atoms with van der Waals surface area (Å²) in [6.07, 6.45) is 0.863. The fraction of sp³-hybridized carbons (Fsp3) is 0.500. The zero-order valence-corrected chi connectivity index (χ0v) is 13.3. The van der Waals surface area contributed by atoms with Crippen molar-refractivity contribution in [2.75, 3.05) is 23.0 Å². The van der Waals surface area contributed by atoms with Crippen LogP contribution in [-0.4, -0.2) is 42.9 Å². The summed E-state index contributed by atoms with van der Waals surface area (Å²) in [4.78, 5) is 6.41. The summed E-state index contributed by atoms with van der Waals surface area (Å²) in [5.74, 6) is 0.0109. The van der Waals surface area contributed by atoms with Crippen molar-refractivity contribution in [2.45, 2.75) is 24.6 Å². The van der Waals surface area contributed by atoms with Gasteiger partial charge in [0.15, 0.2) is 15.0 Å². The van der Waals surface area contributed by atoms with E-state index in [9.17, 15) is 12.8 Å². The van der Waals surface area contributed by atoms with Crippen molar-refractivity contribution in [3.8, 4) is 0 Å². The van der Waals surface area contributed by atoms with E-state index >= 15 is 0 Å². The van der Waals surface area contributed by atoms with Gasteiger partial charge in [0.05, 0.1) is 23.2 Å². The van der Waals surface area contributed by atoms with E-state index in [1.807, 2.05) is 11.8 Å². The van der Waals surface area contributed by atoms with Gasteiger partial charge in [-0.05, 0) is 18.6 Å². The van der Waals surface area contributed by atoms with Crippen LogP contribution < -0.4 is 4.90 Å². The normalized spacial score (nSPS) is 26.5. The molecule has 0 aromatic heterocycles. The molecule has 2 heterocycles. The summed E-state index contributed by atoms with van der Waals surface area (Å²) in [6, 6.07) is 6.45. The number of anilines is 1. The van der Waals surface area contributed by atoms with Crippen LogP contribution in [0.4, 0.5) is 10.1 Å². The second-order valence-electron chi connectivity index (χ2n) is 5.32. The molecule has 3 rings (SSSR count). The van der Waals surface area contributed by atoms with Gasteiger partial charge in [-0.1, -0.05) is 30.8 Å². The lowest BCUT2D eigenvalue weighted by molar-refractivity contribution is 0.601. The summed E-state index contributed by atoms with van der Waals surface area (Å²) >= 11 is 1.47. The van der Waals surface area contributed by atoms with Gasteiger partial charge in [-0.15, -0.1) is 0 Å². The molecule has 1 aromatic carbocycles. The minimum Gasteiger partial charge on any atom is -0.319 e. The van der Waals surface area contributed by atoms with Crippen LogP contribution in [0.3, 0.4) is 0 Å². The lowest BCUT2D eigenvalue weighted by Gasteiger charge is -2.24. The van der Waals surface area contributed by atoms with Crippen LogP contribution in [-0.2, 0) is 9.84 Å². The molecule has 1 fully saturated rings. The molecule has 4 nitrogen and oxygen atoms in total. The number of amidine groups is 1. The number of aliphatic imine (C=N–C) groups is 1. The minimum atomic E-state index is -2.96. The SMILES string of the molecule is CCCN(C1=NC2CS(=O)(=O)CC2S1)c1ccccc1F. The quantitative estimate of drug-likeness (QED) is 0.854. The van der Waals surface area contributed by atoms with Crippen LogP contribution in [0.15, 0.2) is 29.3 Å². The van der Waals surface area contributed by atoms with Crippen molar-refractivity contribution in [1.82, 2.24) is 0 Å². The van der Waals surface area contributed by atoms with E-state index in [0.717, 1.165) is 11.6 Å². The molecule has 0 bridgehead atoms. The maximum atomic E-state index is 14.0. The molecule has 114 valence electrons. The Morgan fingerprint density at radius 3 is 2.81 bits per heavy atom. The number of sulfone groups is 1. The summed E-state index contributed by atoms with van der Waals surface area (Å²) in [7, 11) is -2.96. The topological polar surface area (TPSA) is 49.7 Å². The largest absolute Gasteiger partial charge is 0.319 e. The van der Waals surface area contributed by atoms with Crippen LogP contribution in [0.2, 0.25) is 0 Å². The van der Waals surface area contributed by atoms with E-state index in [0.29, 0.717) is 12.2 Å². The molecular weight excluding hydrogens is 311 g/mol. The van der Waals surface area contributed by atoms with Gasteiger partial charge in [0.2, 0.25) is 0 Å². The molecule has 1 aromatic rings. The molecule has 0 N–H and O–H groups in total. The highest BCUT2D eigenvalue weighted by atomic mass is 32.2. The fourth-order valence-corrected chi connectivity index (χ4v) is 6.48. The highest BCUT2D eigenvalue weighted by molar-refractivity contribution is 8.15. The highest BCUT2D eigenvalue weighted by Gasteiger charge is 2.44. The van der Waals surface area contributed by atoms with Gasteiger partial charge in [0, 0.05) is 11.8 Å². The maximum absolute atomic E-state index is 14.0. The van der Waals surface area contributed by atoms with Crippen molar-refractivity contribution in [3.05, 3.63) is 30.1 Å². The third-order valence-electron chi connectivity index (χ3n) is 3.63. The van der Waals surface area contributed by atoms with Crippen molar-refractivity contribution < 1.29 is 12.8 Å². The standard InChI is InChI=1S/C14H17FN2O2S2/c1-2-7-17(12-6-4-3-5-10(12)15)14-16-11-8-21(18,19)9-13(11)20-14/h3-6,11,13H,2,7-9H2,1H3. The average molecular weight is 328 g/mol. The molecule has 0 radical (unpaired) electrons. The molecule has 0 aliphatic carbocycles. The molecule has 2 aliphatic rings. The van der Waals surface area contributed by atoms with E-state index in [4.69, 9.17) is 0 Å². The Bertz CT molecular complexity index is 675. The van der Waals surface area contributed by atoms with Crippen LogP contribution in [0.1, 0.15) is 13.3 Å². The first-order valence-corrected chi connectivity index (χ1v) is 9.67. The monoisotopic (exact) mass is 328 g/mol. The number of rotatable bonds is 3. The van der Waals surface area contributed by atoms with Gasteiger partial charge in [-0.3, -0.25) is 4.99 Å². The molecule has 21 heavy (non-hydrogen) atoms. The van der Waals surface area contributed by atoms with Crippen molar-refractivity contribution in [1.29, 1.82) is 0 Å². The predicted octanol–water partition coefficient (Wildman–Crippen LogP) is 2.31. The summed E-state index contributed by atoms with van der Waals surface area (Å²) < 4.78 is 37.3. The number of benzene rings is 1. The Hall–Kier alpha value is -1.08. The molecular formula is C14H17FN2O2S2. The number of nitrogens with zero attached hydrogens (tertiary/aromatic N) is 2. The number of para-hydroxylation sites is 1. The first-order chi connectivity index (χ1) is 10.00. The maximum Gasteiger partial charge on any atom is 0.164 e. The molecule has 0 spiro atoms. The van der Waals surface area contributed by atoms with Crippen molar-refractivity contribution in [3.63, 3.8) is 0 Å². The van der Waals surface area contributed by atoms with Gasteiger partial charge >= 0.3 is 0 Å². The van der Waals surface area contributed by atoms with Crippen molar-refractivity contribution >= 4 is 32.5 Å². The number of thioether (sulfide) groups is 1. The molecule has 2 aliphatic heterocycles. The number of fused-ring (bicyclic) bond motifs is 1. The zero-order chi connectivity index (χ0) is 15.0. The lowest BCUT2D eigenvalue weighted by atomic mass is 10.2. The Balaban J connectivity index is 1.89. The molecule has 0 amide bonds. The van der Waals surface area contributed by atoms with Crippen LogP contribution in [0.5, 0.6) is 0 Å².